The van der Waals surface area contributed by atoms with Crippen LogP contribution in [0.1, 0.15) is 46.7 Å². The molecule has 0 amide bonds. The summed E-state index contributed by atoms with van der Waals surface area (Å²) < 4.78 is 28.4. The molecule has 0 aliphatic carbocycles. The van der Waals surface area contributed by atoms with Crippen LogP contribution in [0.4, 0.5) is 20.3 Å². The fourth-order valence-electron chi connectivity index (χ4n) is 4.34. The molecule has 3 heterocycles. The van der Waals surface area contributed by atoms with E-state index >= 15 is 0 Å². The SMILES string of the molecule is Cc1cc([C@@H](C)Nc2ccc(Cl)nc2C(=O)O)c2nc(N3CCC(F)(F)[C@H](CO)C3)c(C#N)nc2c1. The lowest BCUT2D eigenvalue weighted by atomic mass is 9.94. The van der Waals surface area contributed by atoms with Crippen LogP contribution in [0.2, 0.25) is 5.15 Å². The monoisotopic (exact) mass is 516 g/mol. The number of carbonyl (C=O) groups is 1. The molecular weight excluding hydrogens is 494 g/mol. The number of nitriles is 1. The first-order valence-electron chi connectivity index (χ1n) is 11.2. The van der Waals surface area contributed by atoms with Crippen LogP contribution in [0.5, 0.6) is 0 Å². The Morgan fingerprint density at radius 2 is 2.11 bits per heavy atom. The Morgan fingerprint density at radius 3 is 2.78 bits per heavy atom. The molecule has 0 spiro atoms. The van der Waals surface area contributed by atoms with Crippen LogP contribution in [0.25, 0.3) is 11.0 Å². The molecule has 1 aliphatic rings. The lowest BCUT2D eigenvalue weighted by molar-refractivity contribution is -0.0880. The van der Waals surface area contributed by atoms with Gasteiger partial charge in [0, 0.05) is 25.1 Å². The normalized spacial score (nSPS) is 18.0. The average molecular weight is 517 g/mol. The quantitative estimate of drug-likeness (QED) is 0.412. The van der Waals surface area contributed by atoms with E-state index in [9.17, 15) is 29.1 Å². The first kappa shape index (κ1) is 25.5. The Bertz CT molecular complexity index is 1380. The van der Waals surface area contributed by atoms with Gasteiger partial charge in [0.2, 0.25) is 0 Å². The highest BCUT2D eigenvalue weighted by Crippen LogP contribution is 2.36. The molecule has 0 saturated carbocycles. The van der Waals surface area contributed by atoms with Crippen molar-refractivity contribution < 1.29 is 23.8 Å². The topological polar surface area (TPSA) is 135 Å². The van der Waals surface area contributed by atoms with Crippen LogP contribution in [0.3, 0.4) is 0 Å². The average Bonchev–Trinajstić information content (AvgIpc) is 2.83. The molecule has 4 rings (SSSR count). The van der Waals surface area contributed by atoms with Crippen LogP contribution in [-0.2, 0) is 0 Å². The van der Waals surface area contributed by atoms with Crippen molar-refractivity contribution in [2.24, 2.45) is 5.92 Å². The van der Waals surface area contributed by atoms with Crippen LogP contribution in [0, 0.1) is 24.2 Å². The van der Waals surface area contributed by atoms with Gasteiger partial charge in [-0.25, -0.2) is 28.5 Å². The van der Waals surface area contributed by atoms with Gasteiger partial charge in [-0.05, 0) is 37.6 Å². The minimum absolute atomic E-state index is 0.00312. The van der Waals surface area contributed by atoms with Crippen LogP contribution in [-0.4, -0.2) is 56.8 Å². The lowest BCUT2D eigenvalue weighted by Gasteiger charge is -2.38. The molecule has 1 fully saturated rings. The highest BCUT2D eigenvalue weighted by atomic mass is 35.5. The summed E-state index contributed by atoms with van der Waals surface area (Å²) in [5, 5.41) is 31.9. The van der Waals surface area contributed by atoms with Crippen molar-refractivity contribution in [3.63, 3.8) is 0 Å². The maximum Gasteiger partial charge on any atom is 0.356 e. The third kappa shape index (κ3) is 4.87. The van der Waals surface area contributed by atoms with Gasteiger partial charge in [0.25, 0.3) is 5.92 Å². The van der Waals surface area contributed by atoms with Crippen LogP contribution >= 0.6 is 11.6 Å². The van der Waals surface area contributed by atoms with Gasteiger partial charge in [0.15, 0.2) is 17.2 Å². The number of aliphatic hydroxyl groups is 1. The van der Waals surface area contributed by atoms with Crippen molar-refractivity contribution >= 4 is 40.1 Å². The Hall–Kier alpha value is -3.62. The number of aromatic carboxylic acids is 1. The number of anilines is 2. The molecule has 2 aromatic heterocycles. The van der Waals surface area contributed by atoms with Gasteiger partial charge in [-0.15, -0.1) is 0 Å². The second-order valence-electron chi connectivity index (χ2n) is 8.77. The number of piperidine rings is 1. The summed E-state index contributed by atoms with van der Waals surface area (Å²) in [6.07, 6.45) is -0.483. The summed E-state index contributed by atoms with van der Waals surface area (Å²) in [4.78, 5) is 26.2. The number of benzene rings is 1. The number of pyridine rings is 1. The second-order valence-corrected chi connectivity index (χ2v) is 9.15. The summed E-state index contributed by atoms with van der Waals surface area (Å²) >= 11 is 5.86. The Labute approximate surface area is 210 Å². The van der Waals surface area contributed by atoms with E-state index in [0.29, 0.717) is 16.6 Å². The van der Waals surface area contributed by atoms with Gasteiger partial charge in [-0.1, -0.05) is 17.7 Å². The van der Waals surface area contributed by atoms with E-state index in [2.05, 4.69) is 20.3 Å². The van der Waals surface area contributed by atoms with Crippen molar-refractivity contribution in [3.8, 4) is 6.07 Å². The predicted octanol–water partition coefficient (Wildman–Crippen LogP) is 4.18. The number of rotatable bonds is 6. The first-order valence-corrected chi connectivity index (χ1v) is 11.5. The molecule has 36 heavy (non-hydrogen) atoms. The van der Waals surface area contributed by atoms with E-state index < -0.39 is 36.9 Å². The Balaban J connectivity index is 1.78. The fraction of sp³-hybridized carbons (Fsp3) is 0.375. The third-order valence-electron chi connectivity index (χ3n) is 6.21. The highest BCUT2D eigenvalue weighted by Gasteiger charge is 2.44. The van der Waals surface area contributed by atoms with E-state index in [4.69, 9.17) is 11.6 Å². The number of aliphatic hydroxyl groups excluding tert-OH is 1. The number of halogens is 3. The first-order chi connectivity index (χ1) is 17.0. The standard InChI is InChI=1S/C24H23ClF2N6O3/c1-12-7-15(13(2)29-16-3-4-19(25)31-21(16)23(35)36)20-17(8-12)30-18(9-28)22(32-20)33-6-5-24(26,27)14(10-33)11-34/h3-4,7-8,13-14,29,34H,5-6,10-11H2,1-2H3,(H,35,36)/t13-,14+/m1/s1. The lowest BCUT2D eigenvalue weighted by Crippen LogP contribution is -2.49. The van der Waals surface area contributed by atoms with Crippen molar-refractivity contribution in [2.75, 3.05) is 29.9 Å². The fourth-order valence-corrected chi connectivity index (χ4v) is 4.49. The number of nitrogens with zero attached hydrogens (tertiary/aromatic N) is 5. The number of hydrogen-bond acceptors (Lipinski definition) is 8. The summed E-state index contributed by atoms with van der Waals surface area (Å²) in [6.45, 7) is 2.73. The number of aryl methyl sites for hydroxylation is 1. The zero-order chi connectivity index (χ0) is 26.2. The predicted molar refractivity (Wildman–Crippen MR) is 130 cm³/mol. The molecule has 188 valence electrons. The number of carboxylic acids is 1. The van der Waals surface area contributed by atoms with Crippen LogP contribution in [0.15, 0.2) is 24.3 Å². The summed E-state index contributed by atoms with van der Waals surface area (Å²) in [5.41, 5.74) is 2.38. The third-order valence-corrected chi connectivity index (χ3v) is 6.42. The molecule has 1 aromatic carbocycles. The van der Waals surface area contributed by atoms with Gasteiger partial charge < -0.3 is 20.4 Å². The second kappa shape index (κ2) is 9.79. The van der Waals surface area contributed by atoms with Crippen molar-refractivity contribution in [3.05, 3.63) is 51.9 Å². The van der Waals surface area contributed by atoms with E-state index in [1.165, 1.54) is 12.1 Å². The Kier molecular flexibility index (Phi) is 6.93. The molecule has 1 saturated heterocycles. The molecule has 3 aromatic rings. The summed E-state index contributed by atoms with van der Waals surface area (Å²) in [7, 11) is 0. The number of fused-ring (bicyclic) bond motifs is 1. The molecule has 9 nitrogen and oxygen atoms in total. The highest BCUT2D eigenvalue weighted by molar-refractivity contribution is 6.29. The van der Waals surface area contributed by atoms with E-state index in [1.54, 1.807) is 17.9 Å². The zero-order valence-corrected chi connectivity index (χ0v) is 20.2. The van der Waals surface area contributed by atoms with Crippen molar-refractivity contribution in [1.82, 2.24) is 15.0 Å². The van der Waals surface area contributed by atoms with Crippen molar-refractivity contribution in [2.45, 2.75) is 32.2 Å². The molecular formula is C24H23ClF2N6O3. The molecule has 0 unspecified atom stereocenters. The van der Waals surface area contributed by atoms with Gasteiger partial charge in [-0.3, -0.25) is 0 Å². The van der Waals surface area contributed by atoms with Gasteiger partial charge >= 0.3 is 5.97 Å². The molecule has 2 atom stereocenters. The van der Waals surface area contributed by atoms with Gasteiger partial charge in [0.1, 0.15) is 11.2 Å². The molecule has 0 bridgehead atoms. The number of carboxylic acid groups (broad SMARTS) is 1. The number of aromatic nitrogens is 3. The zero-order valence-electron chi connectivity index (χ0n) is 19.5. The Morgan fingerprint density at radius 1 is 1.36 bits per heavy atom. The van der Waals surface area contributed by atoms with Crippen LogP contribution < -0.4 is 10.2 Å². The molecule has 12 heteroatoms. The van der Waals surface area contributed by atoms with E-state index in [-0.39, 0.29) is 41.1 Å². The van der Waals surface area contributed by atoms with Gasteiger partial charge in [0.05, 0.1) is 35.3 Å². The van der Waals surface area contributed by atoms with Gasteiger partial charge in [-0.2, -0.15) is 5.26 Å². The maximum absolute atomic E-state index is 14.2. The molecule has 1 aliphatic heterocycles. The number of alkyl halides is 2. The molecule has 0 radical (unpaired) electrons. The smallest absolute Gasteiger partial charge is 0.356 e. The maximum atomic E-state index is 14.2. The number of hydrogen-bond donors (Lipinski definition) is 3. The summed E-state index contributed by atoms with van der Waals surface area (Å²) in [6, 6.07) is 8.13. The number of nitrogens with one attached hydrogen (secondary N) is 1. The minimum Gasteiger partial charge on any atom is -0.476 e. The molecule has 3 N–H and O–H groups in total. The van der Waals surface area contributed by atoms with E-state index in [0.717, 1.165) is 5.56 Å². The minimum atomic E-state index is -3.02. The van der Waals surface area contributed by atoms with Crippen molar-refractivity contribution in [1.29, 1.82) is 5.26 Å². The van der Waals surface area contributed by atoms with E-state index in [1.807, 2.05) is 19.1 Å². The summed E-state index contributed by atoms with van der Waals surface area (Å²) in [5.74, 6) is -5.39. The largest absolute Gasteiger partial charge is 0.476 e.